The number of hydrogen-bond acceptors (Lipinski definition) is 8. The second-order valence-electron chi connectivity index (χ2n) is 13.7. The molecular weight excluding hydrogens is 570 g/mol. The van der Waals surface area contributed by atoms with Gasteiger partial charge in [-0.3, -0.25) is 14.4 Å². The number of carbonyl (C=O) groups is 3. The van der Waals surface area contributed by atoms with Crippen molar-refractivity contribution < 1.29 is 36.5 Å². The SMILES string of the molecule is CC(OC(C)(C)C)C(=O)C(C)(C)C(C)(C)OC(CC(=O)Nc1ccc(S(=O)(=O)Oc2ccccc2)cc1)C(=O)C(C)(C)C. The van der Waals surface area contributed by atoms with Gasteiger partial charge in [0.05, 0.1) is 23.0 Å². The zero-order valence-electron chi connectivity index (χ0n) is 27.2. The lowest BCUT2D eigenvalue weighted by molar-refractivity contribution is -0.181. The maximum absolute atomic E-state index is 13.5. The van der Waals surface area contributed by atoms with Crippen LogP contribution in [-0.4, -0.2) is 49.3 Å². The highest BCUT2D eigenvalue weighted by atomic mass is 32.2. The zero-order chi connectivity index (χ0) is 33.0. The summed E-state index contributed by atoms with van der Waals surface area (Å²) in [5.41, 5.74) is -3.26. The third-order valence-electron chi connectivity index (χ3n) is 7.24. The molecular formula is C33H47NO8S. The first-order chi connectivity index (χ1) is 19.5. The third kappa shape index (κ3) is 9.98. The molecule has 10 heteroatoms. The second-order valence-corrected chi connectivity index (χ2v) is 15.3. The van der Waals surface area contributed by atoms with Crippen molar-refractivity contribution in [1.29, 1.82) is 0 Å². The van der Waals surface area contributed by atoms with E-state index < -0.39 is 50.3 Å². The summed E-state index contributed by atoms with van der Waals surface area (Å²) >= 11 is 0. The molecule has 0 aliphatic rings. The number of para-hydroxylation sites is 1. The third-order valence-corrected chi connectivity index (χ3v) is 8.50. The van der Waals surface area contributed by atoms with E-state index in [1.807, 2.05) is 20.8 Å². The van der Waals surface area contributed by atoms with E-state index in [-0.39, 0.29) is 28.6 Å². The summed E-state index contributed by atoms with van der Waals surface area (Å²) in [4.78, 5) is 40.0. The number of hydrogen-bond donors (Lipinski definition) is 1. The first-order valence-electron chi connectivity index (χ1n) is 14.3. The molecule has 0 aliphatic heterocycles. The van der Waals surface area contributed by atoms with E-state index in [4.69, 9.17) is 13.7 Å². The normalized spacial score (nSPS) is 14.5. The number of ketones is 2. The number of rotatable bonds is 13. The van der Waals surface area contributed by atoms with Crippen LogP contribution >= 0.6 is 0 Å². The highest BCUT2D eigenvalue weighted by Gasteiger charge is 2.49. The summed E-state index contributed by atoms with van der Waals surface area (Å²) in [5, 5.41) is 2.70. The zero-order valence-corrected chi connectivity index (χ0v) is 28.0. The summed E-state index contributed by atoms with van der Waals surface area (Å²) in [5.74, 6) is -0.816. The highest BCUT2D eigenvalue weighted by Crippen LogP contribution is 2.39. The summed E-state index contributed by atoms with van der Waals surface area (Å²) in [6.07, 6.45) is -2.18. The van der Waals surface area contributed by atoms with Crippen LogP contribution in [0, 0.1) is 10.8 Å². The summed E-state index contributed by atoms with van der Waals surface area (Å²) < 4.78 is 42.6. The number of anilines is 1. The van der Waals surface area contributed by atoms with Crippen LogP contribution in [0.3, 0.4) is 0 Å². The predicted molar refractivity (Wildman–Crippen MR) is 166 cm³/mol. The molecule has 2 unspecified atom stereocenters. The van der Waals surface area contributed by atoms with Gasteiger partial charge in [-0.15, -0.1) is 0 Å². The van der Waals surface area contributed by atoms with Gasteiger partial charge in [0.25, 0.3) is 0 Å². The van der Waals surface area contributed by atoms with Crippen LogP contribution in [0.5, 0.6) is 5.75 Å². The molecule has 0 bridgehead atoms. The maximum Gasteiger partial charge on any atom is 0.339 e. The average Bonchev–Trinajstić information content (AvgIpc) is 2.86. The van der Waals surface area contributed by atoms with Crippen LogP contribution in [-0.2, 0) is 34.0 Å². The van der Waals surface area contributed by atoms with Gasteiger partial charge in [0.1, 0.15) is 22.9 Å². The molecule has 0 radical (unpaired) electrons. The summed E-state index contributed by atoms with van der Waals surface area (Å²) in [6, 6.07) is 13.6. The van der Waals surface area contributed by atoms with Crippen LogP contribution < -0.4 is 9.50 Å². The lowest BCUT2D eigenvalue weighted by Crippen LogP contribution is -2.54. The Hall–Kier alpha value is -3.08. The van der Waals surface area contributed by atoms with Gasteiger partial charge in [-0.2, -0.15) is 8.42 Å². The Morgan fingerprint density at radius 3 is 1.79 bits per heavy atom. The Labute approximate surface area is 256 Å². The van der Waals surface area contributed by atoms with Crippen molar-refractivity contribution in [3.05, 3.63) is 54.6 Å². The van der Waals surface area contributed by atoms with Crippen molar-refractivity contribution >= 4 is 33.3 Å². The Morgan fingerprint density at radius 2 is 1.30 bits per heavy atom. The van der Waals surface area contributed by atoms with Crippen molar-refractivity contribution in [2.75, 3.05) is 5.32 Å². The van der Waals surface area contributed by atoms with Crippen molar-refractivity contribution in [2.45, 2.75) is 111 Å². The van der Waals surface area contributed by atoms with Gasteiger partial charge < -0.3 is 19.0 Å². The van der Waals surface area contributed by atoms with E-state index in [0.29, 0.717) is 5.69 Å². The minimum Gasteiger partial charge on any atom is -0.379 e. The van der Waals surface area contributed by atoms with Crippen molar-refractivity contribution in [3.8, 4) is 5.75 Å². The molecule has 2 aromatic carbocycles. The van der Waals surface area contributed by atoms with Gasteiger partial charge in [0.2, 0.25) is 5.91 Å². The molecule has 238 valence electrons. The van der Waals surface area contributed by atoms with Gasteiger partial charge >= 0.3 is 10.1 Å². The van der Waals surface area contributed by atoms with Crippen LogP contribution in [0.2, 0.25) is 0 Å². The smallest absolute Gasteiger partial charge is 0.339 e. The first kappa shape index (κ1) is 36.1. The number of nitrogens with one attached hydrogen (secondary N) is 1. The Bertz CT molecular complexity index is 1380. The molecule has 2 aromatic rings. The largest absolute Gasteiger partial charge is 0.379 e. The van der Waals surface area contributed by atoms with Gasteiger partial charge in [0.15, 0.2) is 11.6 Å². The number of benzene rings is 2. The minimum absolute atomic E-state index is 0.0863. The molecule has 0 heterocycles. The molecule has 1 N–H and O–H groups in total. The first-order valence-corrected chi connectivity index (χ1v) is 15.7. The molecule has 1 amide bonds. The lowest BCUT2D eigenvalue weighted by Gasteiger charge is -2.44. The van der Waals surface area contributed by atoms with Gasteiger partial charge in [-0.25, -0.2) is 0 Å². The van der Waals surface area contributed by atoms with E-state index in [9.17, 15) is 22.8 Å². The molecule has 0 saturated heterocycles. The predicted octanol–water partition coefficient (Wildman–Crippen LogP) is 6.36. The standard InChI is InChI=1S/C33H47NO8S/c1-22(40-31(5,6)7)28(36)32(8,9)33(10,11)41-26(29(37)30(2,3)4)21-27(35)34-23-17-19-25(20-18-23)43(38,39)42-24-15-13-12-14-16-24/h12-20,22,26H,21H2,1-11H3,(H,34,35). The molecule has 43 heavy (non-hydrogen) atoms. The monoisotopic (exact) mass is 617 g/mol. The van der Waals surface area contributed by atoms with Crippen LogP contribution in [0.4, 0.5) is 5.69 Å². The topological polar surface area (TPSA) is 125 Å². The molecule has 0 saturated carbocycles. The summed E-state index contributed by atoms with van der Waals surface area (Å²) in [7, 11) is -4.08. The van der Waals surface area contributed by atoms with Crippen LogP contribution in [0.25, 0.3) is 0 Å². The van der Waals surface area contributed by atoms with Gasteiger partial charge in [0, 0.05) is 11.1 Å². The lowest BCUT2D eigenvalue weighted by atomic mass is 9.71. The molecule has 2 rings (SSSR count). The van der Waals surface area contributed by atoms with Gasteiger partial charge in [-0.1, -0.05) is 52.8 Å². The fraction of sp³-hybridized carbons (Fsp3) is 0.545. The molecule has 0 aliphatic carbocycles. The van der Waals surface area contributed by atoms with E-state index >= 15 is 0 Å². The van der Waals surface area contributed by atoms with E-state index in [2.05, 4.69) is 5.32 Å². The highest BCUT2D eigenvalue weighted by molar-refractivity contribution is 7.87. The minimum atomic E-state index is -4.08. The van der Waals surface area contributed by atoms with Crippen molar-refractivity contribution in [3.63, 3.8) is 0 Å². The molecule has 0 spiro atoms. The second kappa shape index (κ2) is 13.3. The van der Waals surface area contributed by atoms with Crippen LogP contribution in [0.1, 0.15) is 82.6 Å². The van der Waals surface area contributed by atoms with E-state index in [0.717, 1.165) is 0 Å². The van der Waals surface area contributed by atoms with E-state index in [1.54, 1.807) is 73.6 Å². The Kier molecular flexibility index (Phi) is 11.2. The Balaban J connectivity index is 2.22. The number of carbonyl (C=O) groups excluding carboxylic acids is 3. The fourth-order valence-electron chi connectivity index (χ4n) is 4.30. The van der Waals surface area contributed by atoms with Crippen molar-refractivity contribution in [2.24, 2.45) is 10.8 Å². The number of ether oxygens (including phenoxy) is 2. The maximum atomic E-state index is 13.5. The van der Waals surface area contributed by atoms with Crippen molar-refractivity contribution in [1.82, 2.24) is 0 Å². The van der Waals surface area contributed by atoms with E-state index in [1.165, 1.54) is 36.4 Å². The number of amides is 1. The van der Waals surface area contributed by atoms with Crippen LogP contribution in [0.15, 0.2) is 59.5 Å². The fourth-order valence-corrected chi connectivity index (χ4v) is 5.23. The molecule has 2 atom stereocenters. The average molecular weight is 618 g/mol. The molecule has 0 aromatic heterocycles. The number of Topliss-reactive ketones (excluding diaryl/α,β-unsaturated/α-hetero) is 2. The van der Waals surface area contributed by atoms with Gasteiger partial charge in [-0.05, 0) is 77.9 Å². The molecule has 0 fully saturated rings. The quantitative estimate of drug-likeness (QED) is 0.258. The summed E-state index contributed by atoms with van der Waals surface area (Å²) in [6.45, 7) is 19.5. The Morgan fingerprint density at radius 1 is 0.767 bits per heavy atom. The molecule has 9 nitrogen and oxygen atoms in total.